The van der Waals surface area contributed by atoms with Gasteiger partial charge in [0.15, 0.2) is 0 Å². The normalized spacial score (nSPS) is 21.5. The third-order valence-corrected chi connectivity index (χ3v) is 7.08. The Labute approximate surface area is 181 Å². The van der Waals surface area contributed by atoms with Crippen molar-refractivity contribution in [2.24, 2.45) is 5.92 Å². The molecule has 1 N–H and O–H groups in total. The number of aromatic nitrogens is 2. The molecule has 3 fully saturated rings. The summed E-state index contributed by atoms with van der Waals surface area (Å²) in [7, 11) is 0. The van der Waals surface area contributed by atoms with E-state index in [1.54, 1.807) is 11.1 Å². The number of nitrogens with one attached hydrogen (secondary N) is 1. The summed E-state index contributed by atoms with van der Waals surface area (Å²) in [6.07, 6.45) is 11.6. The first kappa shape index (κ1) is 20.0. The maximum absolute atomic E-state index is 12.8. The number of hydrogen-bond acceptors (Lipinski definition) is 4. The van der Waals surface area contributed by atoms with Crippen molar-refractivity contribution in [3.05, 3.63) is 30.1 Å². The van der Waals surface area contributed by atoms with Gasteiger partial charge in [-0.2, -0.15) is 0 Å². The number of likely N-dealkylation sites (tertiary alicyclic amines) is 1. The van der Waals surface area contributed by atoms with Crippen molar-refractivity contribution in [1.82, 2.24) is 19.6 Å². The molecule has 3 aliphatic rings. The number of piperidine rings is 1. The molecule has 31 heavy (non-hydrogen) atoms. The van der Waals surface area contributed by atoms with Gasteiger partial charge in [-0.3, -0.25) is 24.2 Å². The SMILES string of the molecule is O=C1CCN(c2cnc3cc(C4CCN(C(=O)C5CCCCC5)CC4)ccn23)C(=O)N1. The van der Waals surface area contributed by atoms with Gasteiger partial charge in [0.1, 0.15) is 11.5 Å². The van der Waals surface area contributed by atoms with Crippen LogP contribution in [-0.4, -0.2) is 51.8 Å². The minimum atomic E-state index is -0.405. The van der Waals surface area contributed by atoms with E-state index >= 15 is 0 Å². The van der Waals surface area contributed by atoms with E-state index in [1.165, 1.54) is 24.8 Å². The van der Waals surface area contributed by atoms with Crippen molar-refractivity contribution in [2.45, 2.75) is 57.3 Å². The maximum Gasteiger partial charge on any atom is 0.329 e. The fourth-order valence-electron chi connectivity index (χ4n) is 5.26. The number of nitrogens with zero attached hydrogens (tertiary/aromatic N) is 4. The van der Waals surface area contributed by atoms with Crippen LogP contribution in [0.1, 0.15) is 62.8 Å². The Balaban J connectivity index is 1.26. The van der Waals surface area contributed by atoms with Crippen LogP contribution in [0.4, 0.5) is 10.6 Å². The average molecular weight is 424 g/mol. The van der Waals surface area contributed by atoms with Gasteiger partial charge in [0.2, 0.25) is 11.8 Å². The molecule has 8 heteroatoms. The first-order valence-corrected chi connectivity index (χ1v) is 11.5. The molecular weight excluding hydrogens is 394 g/mol. The molecular formula is C23H29N5O3. The van der Waals surface area contributed by atoms with E-state index in [-0.39, 0.29) is 18.2 Å². The summed E-state index contributed by atoms with van der Waals surface area (Å²) in [5.74, 6) is 1.44. The van der Waals surface area contributed by atoms with Gasteiger partial charge in [0.25, 0.3) is 0 Å². The van der Waals surface area contributed by atoms with Gasteiger partial charge in [-0.1, -0.05) is 19.3 Å². The van der Waals surface area contributed by atoms with Crippen LogP contribution in [0.3, 0.4) is 0 Å². The second kappa shape index (κ2) is 8.32. The van der Waals surface area contributed by atoms with Crippen molar-refractivity contribution in [3.63, 3.8) is 0 Å². The molecule has 4 amide bonds. The van der Waals surface area contributed by atoms with Gasteiger partial charge in [-0.05, 0) is 49.3 Å². The van der Waals surface area contributed by atoms with Gasteiger partial charge >= 0.3 is 6.03 Å². The van der Waals surface area contributed by atoms with E-state index in [4.69, 9.17) is 0 Å². The van der Waals surface area contributed by atoms with Gasteiger partial charge in [-0.15, -0.1) is 0 Å². The first-order chi connectivity index (χ1) is 15.1. The molecule has 0 bridgehead atoms. The Morgan fingerprint density at radius 1 is 1.03 bits per heavy atom. The number of anilines is 1. The van der Waals surface area contributed by atoms with Crippen LogP contribution in [0, 0.1) is 5.92 Å². The van der Waals surface area contributed by atoms with E-state index in [0.717, 1.165) is 44.4 Å². The number of pyridine rings is 1. The molecule has 2 aliphatic heterocycles. The minimum Gasteiger partial charge on any atom is -0.342 e. The summed E-state index contributed by atoms with van der Waals surface area (Å²) >= 11 is 0. The van der Waals surface area contributed by atoms with Crippen LogP contribution in [0.15, 0.2) is 24.5 Å². The van der Waals surface area contributed by atoms with Gasteiger partial charge < -0.3 is 4.90 Å². The third kappa shape index (κ3) is 3.91. The van der Waals surface area contributed by atoms with E-state index in [1.807, 2.05) is 10.6 Å². The number of imidazole rings is 1. The number of rotatable bonds is 3. The zero-order chi connectivity index (χ0) is 21.4. The molecule has 0 spiro atoms. The second-order valence-corrected chi connectivity index (χ2v) is 8.99. The number of carbonyl (C=O) groups excluding carboxylic acids is 3. The number of urea groups is 1. The van der Waals surface area contributed by atoms with E-state index in [0.29, 0.717) is 24.2 Å². The average Bonchev–Trinajstić information content (AvgIpc) is 3.22. The Bertz CT molecular complexity index is 1000. The third-order valence-electron chi connectivity index (χ3n) is 7.08. The summed E-state index contributed by atoms with van der Waals surface area (Å²) in [5, 5.41) is 2.36. The van der Waals surface area contributed by atoms with E-state index in [2.05, 4.69) is 27.3 Å². The summed E-state index contributed by atoms with van der Waals surface area (Å²) in [5.41, 5.74) is 2.02. The predicted molar refractivity (Wildman–Crippen MR) is 116 cm³/mol. The highest BCUT2D eigenvalue weighted by Crippen LogP contribution is 2.32. The van der Waals surface area contributed by atoms with Crippen LogP contribution in [-0.2, 0) is 9.59 Å². The lowest BCUT2D eigenvalue weighted by atomic mass is 9.86. The van der Waals surface area contributed by atoms with Crippen LogP contribution in [0.5, 0.6) is 0 Å². The molecule has 0 aromatic carbocycles. The topological polar surface area (TPSA) is 87.0 Å². The van der Waals surface area contributed by atoms with Crippen LogP contribution in [0.25, 0.3) is 5.65 Å². The molecule has 8 nitrogen and oxygen atoms in total. The van der Waals surface area contributed by atoms with Gasteiger partial charge in [0.05, 0.1) is 6.20 Å². The lowest BCUT2D eigenvalue weighted by molar-refractivity contribution is -0.137. The Kier molecular flexibility index (Phi) is 5.38. The fraction of sp³-hybridized carbons (Fsp3) is 0.565. The lowest BCUT2D eigenvalue weighted by Crippen LogP contribution is -2.50. The van der Waals surface area contributed by atoms with Crippen molar-refractivity contribution in [2.75, 3.05) is 24.5 Å². The van der Waals surface area contributed by atoms with Gasteiger partial charge in [0, 0.05) is 38.2 Å². The number of fused-ring (bicyclic) bond motifs is 1. The Morgan fingerprint density at radius 2 is 1.81 bits per heavy atom. The van der Waals surface area contributed by atoms with Crippen molar-refractivity contribution >= 4 is 29.3 Å². The summed E-state index contributed by atoms with van der Waals surface area (Å²) in [6.45, 7) is 2.01. The van der Waals surface area contributed by atoms with Crippen molar-refractivity contribution in [3.8, 4) is 0 Å². The zero-order valence-corrected chi connectivity index (χ0v) is 17.8. The molecule has 5 rings (SSSR count). The number of hydrogen-bond donors (Lipinski definition) is 1. The quantitative estimate of drug-likeness (QED) is 0.822. The molecule has 2 aromatic heterocycles. The highest BCUT2D eigenvalue weighted by Gasteiger charge is 2.30. The van der Waals surface area contributed by atoms with Crippen LogP contribution in [0.2, 0.25) is 0 Å². The highest BCUT2D eigenvalue weighted by molar-refractivity contribution is 6.05. The Hall–Kier alpha value is -2.90. The number of carbonyl (C=O) groups is 3. The van der Waals surface area contributed by atoms with Crippen LogP contribution >= 0.6 is 0 Å². The first-order valence-electron chi connectivity index (χ1n) is 11.5. The number of amides is 4. The fourth-order valence-corrected chi connectivity index (χ4v) is 5.26. The van der Waals surface area contributed by atoms with Crippen molar-refractivity contribution < 1.29 is 14.4 Å². The number of imide groups is 1. The predicted octanol–water partition coefficient (Wildman–Crippen LogP) is 3.07. The molecule has 0 unspecified atom stereocenters. The largest absolute Gasteiger partial charge is 0.342 e. The monoisotopic (exact) mass is 423 g/mol. The molecule has 1 aliphatic carbocycles. The molecule has 0 radical (unpaired) electrons. The molecule has 0 atom stereocenters. The summed E-state index contributed by atoms with van der Waals surface area (Å²) < 4.78 is 1.89. The molecule has 164 valence electrons. The Morgan fingerprint density at radius 3 is 2.55 bits per heavy atom. The summed E-state index contributed by atoms with van der Waals surface area (Å²) in [4.78, 5) is 44.6. The minimum absolute atomic E-state index is 0.243. The second-order valence-electron chi connectivity index (χ2n) is 8.99. The lowest BCUT2D eigenvalue weighted by Gasteiger charge is -2.35. The van der Waals surface area contributed by atoms with E-state index < -0.39 is 6.03 Å². The maximum atomic E-state index is 12.8. The zero-order valence-electron chi connectivity index (χ0n) is 17.8. The van der Waals surface area contributed by atoms with E-state index in [9.17, 15) is 14.4 Å². The molecule has 1 saturated carbocycles. The highest BCUT2D eigenvalue weighted by atomic mass is 16.2. The van der Waals surface area contributed by atoms with Crippen LogP contribution < -0.4 is 10.2 Å². The molecule has 2 saturated heterocycles. The molecule has 2 aromatic rings. The van der Waals surface area contributed by atoms with Crippen molar-refractivity contribution in [1.29, 1.82) is 0 Å². The standard InChI is InChI=1S/C23H29N5O3/c29-20-9-13-28(23(31)25-20)21-15-24-19-14-18(8-12-27(19)21)16-6-10-26(11-7-16)22(30)17-4-2-1-3-5-17/h8,12,14-17H,1-7,9-11,13H2,(H,25,29,31). The summed E-state index contributed by atoms with van der Waals surface area (Å²) in [6, 6.07) is 3.77. The smallest absolute Gasteiger partial charge is 0.329 e. The molecule has 4 heterocycles. The van der Waals surface area contributed by atoms with Gasteiger partial charge in [-0.25, -0.2) is 9.78 Å².